The highest BCUT2D eigenvalue weighted by Gasteiger charge is 2.06. The van der Waals surface area contributed by atoms with Gasteiger partial charge in [-0.05, 0) is 5.56 Å². The van der Waals surface area contributed by atoms with Gasteiger partial charge in [0.1, 0.15) is 0 Å². The van der Waals surface area contributed by atoms with Crippen molar-refractivity contribution >= 4 is 5.91 Å². The summed E-state index contributed by atoms with van der Waals surface area (Å²) in [5.41, 5.74) is 0.978. The van der Waals surface area contributed by atoms with E-state index in [0.717, 1.165) is 5.56 Å². The van der Waals surface area contributed by atoms with E-state index in [2.05, 4.69) is 15.5 Å². The van der Waals surface area contributed by atoms with Gasteiger partial charge in [0, 0.05) is 6.92 Å². The van der Waals surface area contributed by atoms with E-state index in [1.165, 1.54) is 0 Å². The van der Waals surface area contributed by atoms with Crippen molar-refractivity contribution in [3.63, 3.8) is 0 Å². The number of benzene rings is 1. The van der Waals surface area contributed by atoms with Gasteiger partial charge in [0.2, 0.25) is 17.7 Å². The molecule has 5 heteroatoms. The van der Waals surface area contributed by atoms with Gasteiger partial charge in [0.05, 0.1) is 13.0 Å². The average Bonchev–Trinajstić information content (AvgIpc) is 2.74. The minimum Gasteiger partial charge on any atom is -0.424 e. The van der Waals surface area contributed by atoms with E-state index >= 15 is 0 Å². The molecule has 0 atom stereocenters. The van der Waals surface area contributed by atoms with Crippen molar-refractivity contribution in [2.45, 2.75) is 19.9 Å². The Labute approximate surface area is 98.9 Å². The molecule has 0 aliphatic carbocycles. The number of rotatable bonds is 4. The molecule has 0 saturated heterocycles. The summed E-state index contributed by atoms with van der Waals surface area (Å²) in [5, 5.41) is 10.2. The summed E-state index contributed by atoms with van der Waals surface area (Å²) in [6.07, 6.45) is 0.355. The van der Waals surface area contributed by atoms with Crippen LogP contribution in [0.3, 0.4) is 0 Å². The topological polar surface area (TPSA) is 68.0 Å². The minimum absolute atomic E-state index is 0.0629. The summed E-state index contributed by atoms with van der Waals surface area (Å²) < 4.78 is 5.15. The first-order valence-corrected chi connectivity index (χ1v) is 5.33. The SMILES string of the molecule is Cc1nnc(CNC(=O)Cc2ccccc2)o1. The second kappa shape index (κ2) is 5.25. The molecule has 0 fully saturated rings. The van der Waals surface area contributed by atoms with Crippen LogP contribution in [0.2, 0.25) is 0 Å². The fraction of sp³-hybridized carbons (Fsp3) is 0.250. The molecule has 1 heterocycles. The molecule has 5 nitrogen and oxygen atoms in total. The van der Waals surface area contributed by atoms with E-state index in [0.29, 0.717) is 18.2 Å². The van der Waals surface area contributed by atoms with Gasteiger partial charge in [-0.15, -0.1) is 10.2 Å². The Morgan fingerprint density at radius 2 is 2.06 bits per heavy atom. The summed E-state index contributed by atoms with van der Waals surface area (Å²) in [6, 6.07) is 9.56. The van der Waals surface area contributed by atoms with Crippen LogP contribution in [-0.4, -0.2) is 16.1 Å². The molecule has 1 amide bonds. The number of nitrogens with zero attached hydrogens (tertiary/aromatic N) is 2. The average molecular weight is 231 g/mol. The van der Waals surface area contributed by atoms with Crippen LogP contribution in [0, 0.1) is 6.92 Å². The molecule has 1 aromatic heterocycles. The maximum atomic E-state index is 11.6. The van der Waals surface area contributed by atoms with Gasteiger partial charge >= 0.3 is 0 Å². The quantitative estimate of drug-likeness (QED) is 0.859. The summed E-state index contributed by atoms with van der Waals surface area (Å²) in [7, 11) is 0. The first kappa shape index (κ1) is 11.3. The largest absolute Gasteiger partial charge is 0.424 e. The normalized spacial score (nSPS) is 10.2. The van der Waals surface area contributed by atoms with Gasteiger partial charge < -0.3 is 9.73 Å². The van der Waals surface area contributed by atoms with Crippen LogP contribution < -0.4 is 5.32 Å². The van der Waals surface area contributed by atoms with Gasteiger partial charge in [-0.25, -0.2) is 0 Å². The van der Waals surface area contributed by atoms with Crippen LogP contribution in [0.1, 0.15) is 17.3 Å². The third-order valence-electron chi connectivity index (χ3n) is 2.21. The van der Waals surface area contributed by atoms with Crippen molar-refractivity contribution in [2.75, 3.05) is 0 Å². The van der Waals surface area contributed by atoms with Gasteiger partial charge in [-0.1, -0.05) is 30.3 Å². The van der Waals surface area contributed by atoms with Crippen molar-refractivity contribution in [3.8, 4) is 0 Å². The molecular formula is C12H13N3O2. The maximum Gasteiger partial charge on any atom is 0.235 e. The van der Waals surface area contributed by atoms with E-state index in [-0.39, 0.29) is 12.5 Å². The Bertz CT molecular complexity index is 493. The molecule has 17 heavy (non-hydrogen) atoms. The van der Waals surface area contributed by atoms with E-state index < -0.39 is 0 Å². The standard InChI is InChI=1S/C12H13N3O2/c1-9-14-15-12(17-9)8-13-11(16)7-10-5-3-2-4-6-10/h2-6H,7-8H2,1H3,(H,13,16). The molecule has 0 bridgehead atoms. The molecule has 0 aliphatic rings. The van der Waals surface area contributed by atoms with Gasteiger partial charge in [-0.3, -0.25) is 4.79 Å². The van der Waals surface area contributed by atoms with Crippen molar-refractivity contribution < 1.29 is 9.21 Å². The maximum absolute atomic E-state index is 11.6. The lowest BCUT2D eigenvalue weighted by atomic mass is 10.1. The second-order valence-corrected chi connectivity index (χ2v) is 3.65. The highest BCUT2D eigenvalue weighted by Crippen LogP contribution is 2.00. The molecule has 2 aromatic rings. The number of hydrogen-bond acceptors (Lipinski definition) is 4. The highest BCUT2D eigenvalue weighted by molar-refractivity contribution is 5.78. The van der Waals surface area contributed by atoms with Crippen molar-refractivity contribution in [3.05, 3.63) is 47.7 Å². The number of carbonyl (C=O) groups excluding carboxylic acids is 1. The first-order valence-electron chi connectivity index (χ1n) is 5.33. The molecular weight excluding hydrogens is 218 g/mol. The molecule has 0 saturated carbocycles. The van der Waals surface area contributed by atoms with Gasteiger partial charge in [0.15, 0.2) is 0 Å². The van der Waals surface area contributed by atoms with E-state index in [9.17, 15) is 4.79 Å². The Balaban J connectivity index is 1.82. The summed E-state index contributed by atoms with van der Waals surface area (Å²) in [4.78, 5) is 11.6. The fourth-order valence-corrected chi connectivity index (χ4v) is 1.43. The molecule has 0 unspecified atom stereocenters. The third kappa shape index (κ3) is 3.41. The number of carbonyl (C=O) groups is 1. The zero-order valence-electron chi connectivity index (χ0n) is 9.51. The molecule has 0 spiro atoms. The lowest BCUT2D eigenvalue weighted by molar-refractivity contribution is -0.120. The molecule has 1 N–H and O–H groups in total. The summed E-state index contributed by atoms with van der Waals surface area (Å²) in [5.74, 6) is 0.855. The van der Waals surface area contributed by atoms with E-state index in [1.807, 2.05) is 30.3 Å². The van der Waals surface area contributed by atoms with Crippen LogP contribution >= 0.6 is 0 Å². The van der Waals surface area contributed by atoms with Crippen LogP contribution in [0.5, 0.6) is 0 Å². The van der Waals surface area contributed by atoms with Crippen LogP contribution in [-0.2, 0) is 17.8 Å². The van der Waals surface area contributed by atoms with Crippen LogP contribution in [0.25, 0.3) is 0 Å². The molecule has 0 aliphatic heterocycles. The monoisotopic (exact) mass is 231 g/mol. The molecule has 88 valence electrons. The highest BCUT2D eigenvalue weighted by atomic mass is 16.4. The van der Waals surface area contributed by atoms with Gasteiger partial charge in [-0.2, -0.15) is 0 Å². The van der Waals surface area contributed by atoms with Crippen molar-refractivity contribution in [1.29, 1.82) is 0 Å². The number of aromatic nitrogens is 2. The number of amides is 1. The number of aryl methyl sites for hydroxylation is 1. The lowest BCUT2D eigenvalue weighted by Gasteiger charge is -2.02. The fourth-order valence-electron chi connectivity index (χ4n) is 1.43. The zero-order chi connectivity index (χ0) is 12.1. The predicted molar refractivity (Wildman–Crippen MR) is 61.0 cm³/mol. The van der Waals surface area contributed by atoms with E-state index in [1.54, 1.807) is 6.92 Å². The first-order chi connectivity index (χ1) is 8.24. The van der Waals surface area contributed by atoms with Gasteiger partial charge in [0.25, 0.3) is 0 Å². The van der Waals surface area contributed by atoms with Crippen LogP contribution in [0.4, 0.5) is 0 Å². The van der Waals surface area contributed by atoms with Crippen molar-refractivity contribution in [1.82, 2.24) is 15.5 Å². The van der Waals surface area contributed by atoms with Crippen molar-refractivity contribution in [2.24, 2.45) is 0 Å². The summed E-state index contributed by atoms with van der Waals surface area (Å²) >= 11 is 0. The number of hydrogen-bond donors (Lipinski definition) is 1. The zero-order valence-corrected chi connectivity index (χ0v) is 9.51. The Kier molecular flexibility index (Phi) is 3.49. The minimum atomic E-state index is -0.0629. The smallest absolute Gasteiger partial charge is 0.235 e. The van der Waals surface area contributed by atoms with E-state index in [4.69, 9.17) is 4.42 Å². The lowest BCUT2D eigenvalue weighted by Crippen LogP contribution is -2.24. The van der Waals surface area contributed by atoms with Crippen LogP contribution in [0.15, 0.2) is 34.7 Å². The molecule has 1 aromatic carbocycles. The molecule has 0 radical (unpaired) electrons. The second-order valence-electron chi connectivity index (χ2n) is 3.65. The summed E-state index contributed by atoms with van der Waals surface area (Å²) in [6.45, 7) is 1.98. The Hall–Kier alpha value is -2.17. The third-order valence-corrected chi connectivity index (χ3v) is 2.21. The Morgan fingerprint density at radius 1 is 1.29 bits per heavy atom. The Morgan fingerprint density at radius 3 is 2.71 bits per heavy atom. The number of nitrogens with one attached hydrogen (secondary N) is 1. The predicted octanol–water partition coefficient (Wildman–Crippen LogP) is 1.24. The molecule has 2 rings (SSSR count).